The first-order valence-corrected chi connectivity index (χ1v) is 28.9. The maximum Gasteiger partial charge on any atom is 0.472 e. The highest BCUT2D eigenvalue weighted by molar-refractivity contribution is 7.47. The molecule has 0 aliphatic rings. The van der Waals surface area contributed by atoms with Gasteiger partial charge in [-0.05, 0) is 57.8 Å². The van der Waals surface area contributed by atoms with Crippen LogP contribution in [0.15, 0.2) is 36.5 Å². The Morgan fingerprint density at radius 2 is 0.859 bits per heavy atom. The Kier molecular flexibility index (Phi) is 45.9. The van der Waals surface area contributed by atoms with Crippen LogP contribution in [-0.4, -0.2) is 73.4 Å². The second kappa shape index (κ2) is 46.8. The number of likely N-dealkylation sites (N-methyl/N-ethyl adjacent to an activating group) is 1. The van der Waals surface area contributed by atoms with Gasteiger partial charge in [-0.15, -0.1) is 0 Å². The van der Waals surface area contributed by atoms with E-state index < -0.39 is 20.0 Å². The third kappa shape index (κ3) is 48.6. The summed E-state index contributed by atoms with van der Waals surface area (Å²) in [5.41, 5.74) is 0. The summed E-state index contributed by atoms with van der Waals surface area (Å²) in [7, 11) is 1.56. The van der Waals surface area contributed by atoms with Crippen LogP contribution >= 0.6 is 7.82 Å². The molecule has 0 radical (unpaired) electrons. The van der Waals surface area contributed by atoms with Crippen LogP contribution in [0.3, 0.4) is 0 Å². The second-order valence-corrected chi connectivity index (χ2v) is 21.4. The van der Waals surface area contributed by atoms with E-state index in [1.165, 1.54) is 199 Å². The lowest BCUT2D eigenvalue weighted by molar-refractivity contribution is -0.870. The number of phosphoric ester groups is 1. The Hall–Kier alpha value is -1.28. The molecule has 0 bridgehead atoms. The molecule has 0 aromatic carbocycles. The van der Waals surface area contributed by atoms with E-state index in [0.717, 1.165) is 38.5 Å². The van der Waals surface area contributed by atoms with Crippen LogP contribution in [0.4, 0.5) is 0 Å². The van der Waals surface area contributed by atoms with Gasteiger partial charge in [0.05, 0.1) is 39.9 Å². The number of phosphoric acid groups is 1. The average Bonchev–Trinajstić information content (AvgIpc) is 3.25. The summed E-state index contributed by atoms with van der Waals surface area (Å²) >= 11 is 0. The standard InChI is InChI=1S/C55H107N2O6P/c1-6-8-10-12-14-16-18-20-22-24-26-27-28-29-30-31-33-35-37-39-41-43-45-47-49-55(59)56-53(52-63-64(60,61)62-51-50-57(3,4)5)54(58)48-46-44-42-40-38-36-34-32-25-23-21-19-17-15-13-11-9-7-2/h29-30,38,40,46,48,53-54,58H,6-28,31-37,39,41-45,47,49-52H2,1-5H3,(H-,56,59,60,61)/p+1/b30-29-,40-38+,48-46+. The summed E-state index contributed by atoms with van der Waals surface area (Å²) in [5, 5.41) is 13.9. The molecule has 0 saturated heterocycles. The molecule has 8 nitrogen and oxygen atoms in total. The van der Waals surface area contributed by atoms with Crippen molar-refractivity contribution in [2.24, 2.45) is 0 Å². The highest BCUT2D eigenvalue weighted by Gasteiger charge is 2.27. The smallest absolute Gasteiger partial charge is 0.387 e. The second-order valence-electron chi connectivity index (χ2n) is 19.9. The maximum absolute atomic E-state index is 12.9. The van der Waals surface area contributed by atoms with Gasteiger partial charge in [-0.1, -0.05) is 230 Å². The largest absolute Gasteiger partial charge is 0.472 e. The van der Waals surface area contributed by atoms with E-state index in [4.69, 9.17) is 9.05 Å². The first-order valence-electron chi connectivity index (χ1n) is 27.4. The first-order chi connectivity index (χ1) is 31.0. The number of nitrogens with zero attached hydrogens (tertiary/aromatic N) is 1. The number of aliphatic hydroxyl groups excluding tert-OH is 1. The molecule has 3 unspecified atom stereocenters. The van der Waals surface area contributed by atoms with Crippen molar-refractivity contribution in [2.75, 3.05) is 40.9 Å². The van der Waals surface area contributed by atoms with Gasteiger partial charge in [-0.2, -0.15) is 0 Å². The van der Waals surface area contributed by atoms with Crippen LogP contribution in [-0.2, 0) is 18.4 Å². The number of rotatable bonds is 50. The Balaban J connectivity index is 4.27. The highest BCUT2D eigenvalue weighted by Crippen LogP contribution is 2.43. The van der Waals surface area contributed by atoms with Crippen LogP contribution in [0.1, 0.15) is 258 Å². The predicted octanol–water partition coefficient (Wildman–Crippen LogP) is 16.2. The predicted molar refractivity (Wildman–Crippen MR) is 277 cm³/mol. The lowest BCUT2D eigenvalue weighted by atomic mass is 10.0. The molecule has 0 rings (SSSR count). The zero-order chi connectivity index (χ0) is 47.1. The van der Waals surface area contributed by atoms with Gasteiger partial charge in [-0.3, -0.25) is 13.8 Å². The van der Waals surface area contributed by atoms with E-state index in [9.17, 15) is 19.4 Å². The van der Waals surface area contributed by atoms with E-state index in [0.29, 0.717) is 17.4 Å². The Labute approximate surface area is 397 Å². The molecule has 0 saturated carbocycles. The molecule has 1 amide bonds. The molecule has 0 aliphatic carbocycles. The summed E-state index contributed by atoms with van der Waals surface area (Å²) < 4.78 is 23.7. The molecule has 3 atom stereocenters. The van der Waals surface area contributed by atoms with Crippen molar-refractivity contribution in [3.8, 4) is 0 Å². The minimum atomic E-state index is -4.35. The van der Waals surface area contributed by atoms with E-state index in [-0.39, 0.29) is 19.1 Å². The third-order valence-corrected chi connectivity index (χ3v) is 13.3. The molecule has 0 aliphatic heterocycles. The summed E-state index contributed by atoms with van der Waals surface area (Å²) in [6.07, 6.45) is 59.5. The normalized spacial score (nSPS) is 14.3. The van der Waals surface area contributed by atoms with E-state index >= 15 is 0 Å². The molecule has 3 N–H and O–H groups in total. The van der Waals surface area contributed by atoms with Gasteiger partial charge in [0.15, 0.2) is 0 Å². The van der Waals surface area contributed by atoms with Crippen molar-refractivity contribution >= 4 is 13.7 Å². The number of carbonyl (C=O) groups is 1. The van der Waals surface area contributed by atoms with Crippen molar-refractivity contribution in [3.63, 3.8) is 0 Å². The van der Waals surface area contributed by atoms with Crippen molar-refractivity contribution in [3.05, 3.63) is 36.5 Å². The molecule has 0 fully saturated rings. The lowest BCUT2D eigenvalue weighted by Gasteiger charge is -2.25. The van der Waals surface area contributed by atoms with Gasteiger partial charge >= 0.3 is 7.82 Å². The van der Waals surface area contributed by atoms with E-state index in [2.05, 4.69) is 43.5 Å². The molecular formula is C55H108N2O6P+. The van der Waals surface area contributed by atoms with Gasteiger partial charge in [0.2, 0.25) is 5.91 Å². The third-order valence-electron chi connectivity index (χ3n) is 12.3. The number of allylic oxidation sites excluding steroid dienone is 5. The van der Waals surface area contributed by atoms with E-state index in [1.807, 2.05) is 27.2 Å². The van der Waals surface area contributed by atoms with Gasteiger partial charge in [0, 0.05) is 6.42 Å². The van der Waals surface area contributed by atoms with Crippen LogP contribution in [0.25, 0.3) is 0 Å². The number of amides is 1. The summed E-state index contributed by atoms with van der Waals surface area (Å²) in [5.74, 6) is -0.188. The number of hydrogen-bond acceptors (Lipinski definition) is 5. The van der Waals surface area contributed by atoms with Crippen molar-refractivity contribution in [1.82, 2.24) is 5.32 Å². The monoisotopic (exact) mass is 924 g/mol. The molecular weight excluding hydrogens is 816 g/mol. The Bertz CT molecular complexity index is 1140. The first kappa shape index (κ1) is 62.7. The number of hydrogen-bond donors (Lipinski definition) is 3. The van der Waals surface area contributed by atoms with Crippen LogP contribution < -0.4 is 5.32 Å². The van der Waals surface area contributed by atoms with Gasteiger partial charge in [0.1, 0.15) is 13.2 Å². The molecule has 64 heavy (non-hydrogen) atoms. The summed E-state index contributed by atoms with van der Waals surface area (Å²) in [6.45, 7) is 4.82. The van der Waals surface area contributed by atoms with Crippen LogP contribution in [0.5, 0.6) is 0 Å². The maximum atomic E-state index is 12.9. The van der Waals surface area contributed by atoms with Gasteiger partial charge < -0.3 is 19.8 Å². The van der Waals surface area contributed by atoms with Gasteiger partial charge in [0.25, 0.3) is 0 Å². The van der Waals surface area contributed by atoms with Crippen LogP contribution in [0, 0.1) is 0 Å². The fraction of sp³-hybridized carbons (Fsp3) is 0.873. The van der Waals surface area contributed by atoms with E-state index in [1.54, 1.807) is 6.08 Å². The topological polar surface area (TPSA) is 105 Å². The van der Waals surface area contributed by atoms with Crippen LogP contribution in [0.2, 0.25) is 0 Å². The van der Waals surface area contributed by atoms with Crippen molar-refractivity contribution < 1.29 is 32.9 Å². The number of nitrogens with one attached hydrogen (secondary N) is 1. The fourth-order valence-electron chi connectivity index (χ4n) is 7.99. The summed E-state index contributed by atoms with van der Waals surface area (Å²) in [4.78, 5) is 23.2. The average molecular weight is 924 g/mol. The fourth-order valence-corrected chi connectivity index (χ4v) is 8.73. The SMILES string of the molecule is CCCCCCCCCCCCCC/C=C\CCCCCCCCCCC(=O)NC(COP(=O)(O)OCC[N+](C)(C)C)C(O)/C=C/CC/C=C/CCCCCCCCCCCCCC. The van der Waals surface area contributed by atoms with Crippen molar-refractivity contribution in [2.45, 2.75) is 270 Å². The molecule has 0 aromatic rings. The highest BCUT2D eigenvalue weighted by atomic mass is 31.2. The molecule has 0 aromatic heterocycles. The minimum absolute atomic E-state index is 0.0560. The minimum Gasteiger partial charge on any atom is -0.387 e. The Morgan fingerprint density at radius 3 is 1.25 bits per heavy atom. The number of aliphatic hydroxyl groups is 1. The quantitative estimate of drug-likeness (QED) is 0.0243. The Morgan fingerprint density at radius 1 is 0.516 bits per heavy atom. The number of quaternary nitrogens is 1. The molecule has 0 heterocycles. The molecule has 0 spiro atoms. The van der Waals surface area contributed by atoms with Gasteiger partial charge in [-0.25, -0.2) is 4.57 Å². The summed E-state index contributed by atoms with van der Waals surface area (Å²) in [6, 6.07) is -0.864. The lowest BCUT2D eigenvalue weighted by Crippen LogP contribution is -2.45. The molecule has 9 heteroatoms. The number of unbranched alkanes of at least 4 members (excludes halogenated alkanes) is 33. The zero-order valence-corrected chi connectivity index (χ0v) is 43.9. The molecule has 378 valence electrons. The number of carbonyl (C=O) groups excluding carboxylic acids is 1. The van der Waals surface area contributed by atoms with Crippen molar-refractivity contribution in [1.29, 1.82) is 0 Å². The zero-order valence-electron chi connectivity index (χ0n) is 43.0.